The van der Waals surface area contributed by atoms with Crippen molar-refractivity contribution in [1.29, 1.82) is 0 Å². The minimum Gasteiger partial charge on any atom is -0.507 e. The Bertz CT molecular complexity index is 846. The second-order valence-electron chi connectivity index (χ2n) is 5.15. The van der Waals surface area contributed by atoms with Gasteiger partial charge in [0.1, 0.15) is 17.1 Å². The van der Waals surface area contributed by atoms with E-state index in [1.54, 1.807) is 0 Å². The zero-order valence-corrected chi connectivity index (χ0v) is 14.7. The molecule has 0 spiro atoms. The van der Waals surface area contributed by atoms with Crippen molar-refractivity contribution in [3.05, 3.63) is 48.0 Å². The monoisotopic (exact) mass is 365 g/mol. The maximum absolute atomic E-state index is 12.4. The van der Waals surface area contributed by atoms with Gasteiger partial charge in [-0.15, -0.1) is 0 Å². The lowest BCUT2D eigenvalue weighted by Crippen LogP contribution is -2.14. The van der Waals surface area contributed by atoms with Crippen LogP contribution < -0.4 is 9.46 Å². The zero-order valence-electron chi connectivity index (χ0n) is 13.9. The van der Waals surface area contributed by atoms with Gasteiger partial charge in [-0.3, -0.25) is 4.72 Å². The van der Waals surface area contributed by atoms with Gasteiger partial charge in [-0.1, -0.05) is 6.92 Å². The predicted molar refractivity (Wildman–Crippen MR) is 92.5 cm³/mol. The lowest BCUT2D eigenvalue weighted by atomic mass is 10.2. The van der Waals surface area contributed by atoms with Crippen LogP contribution in [0.1, 0.15) is 23.7 Å². The molecule has 0 saturated heterocycles. The molecule has 0 amide bonds. The first kappa shape index (κ1) is 18.6. The van der Waals surface area contributed by atoms with Crippen molar-refractivity contribution in [3.8, 4) is 11.5 Å². The molecule has 7 nitrogen and oxygen atoms in total. The van der Waals surface area contributed by atoms with Gasteiger partial charge in [-0.25, -0.2) is 13.2 Å². The molecule has 0 unspecified atom stereocenters. The van der Waals surface area contributed by atoms with E-state index < -0.39 is 16.0 Å². The molecule has 0 aliphatic heterocycles. The van der Waals surface area contributed by atoms with Gasteiger partial charge in [-0.05, 0) is 48.9 Å². The maximum Gasteiger partial charge on any atom is 0.341 e. The molecule has 2 aromatic carbocycles. The highest BCUT2D eigenvalue weighted by Gasteiger charge is 2.18. The SMILES string of the molecule is CCCOC(=O)c1cc(NS(=O)(=O)c2ccc(OC)cc2)ccc1O. The van der Waals surface area contributed by atoms with Crippen molar-refractivity contribution in [2.75, 3.05) is 18.4 Å². The van der Waals surface area contributed by atoms with E-state index in [9.17, 15) is 18.3 Å². The molecule has 0 aliphatic carbocycles. The number of carbonyl (C=O) groups is 1. The van der Waals surface area contributed by atoms with Crippen LogP contribution in [-0.2, 0) is 14.8 Å². The third kappa shape index (κ3) is 4.63. The lowest BCUT2D eigenvalue weighted by Gasteiger charge is -2.11. The fraction of sp³-hybridized carbons (Fsp3) is 0.235. The first-order chi connectivity index (χ1) is 11.9. The summed E-state index contributed by atoms with van der Waals surface area (Å²) in [6.45, 7) is 2.05. The lowest BCUT2D eigenvalue weighted by molar-refractivity contribution is 0.0502. The molecular formula is C17H19NO6S. The van der Waals surface area contributed by atoms with E-state index in [1.165, 1.54) is 49.6 Å². The van der Waals surface area contributed by atoms with Crippen LogP contribution in [0.2, 0.25) is 0 Å². The Labute approximate surface area is 146 Å². The summed E-state index contributed by atoms with van der Waals surface area (Å²) in [4.78, 5) is 11.9. The van der Waals surface area contributed by atoms with Crippen molar-refractivity contribution in [3.63, 3.8) is 0 Å². The summed E-state index contributed by atoms with van der Waals surface area (Å²) >= 11 is 0. The molecule has 0 heterocycles. The van der Waals surface area contributed by atoms with Crippen LogP contribution in [0, 0.1) is 0 Å². The Balaban J connectivity index is 2.25. The number of benzene rings is 2. The molecule has 2 N–H and O–H groups in total. The fourth-order valence-corrected chi connectivity index (χ4v) is 3.05. The molecule has 0 aromatic heterocycles. The third-order valence-corrected chi connectivity index (χ3v) is 4.67. The molecule has 0 atom stereocenters. The molecule has 0 aliphatic rings. The Kier molecular flexibility index (Phi) is 5.87. The van der Waals surface area contributed by atoms with Gasteiger partial charge < -0.3 is 14.6 Å². The molecular weight excluding hydrogens is 346 g/mol. The number of anilines is 1. The Morgan fingerprint density at radius 1 is 1.16 bits per heavy atom. The number of phenols is 1. The van der Waals surface area contributed by atoms with Crippen molar-refractivity contribution in [1.82, 2.24) is 0 Å². The van der Waals surface area contributed by atoms with Gasteiger partial charge in [0.05, 0.1) is 18.6 Å². The quantitative estimate of drug-likeness (QED) is 0.578. The number of hydrogen-bond acceptors (Lipinski definition) is 6. The number of carbonyl (C=O) groups excluding carboxylic acids is 1. The number of phenolic OH excluding ortho intramolecular Hbond substituents is 1. The Morgan fingerprint density at radius 2 is 1.84 bits per heavy atom. The van der Waals surface area contributed by atoms with E-state index >= 15 is 0 Å². The molecule has 0 radical (unpaired) electrons. The number of ether oxygens (including phenoxy) is 2. The van der Waals surface area contributed by atoms with Gasteiger partial charge in [0.25, 0.3) is 10.0 Å². The van der Waals surface area contributed by atoms with Crippen molar-refractivity contribution in [2.45, 2.75) is 18.2 Å². The second-order valence-corrected chi connectivity index (χ2v) is 6.83. The average molecular weight is 365 g/mol. The minimum absolute atomic E-state index is 0.0384. The summed E-state index contributed by atoms with van der Waals surface area (Å²) in [5.41, 5.74) is 0.0282. The van der Waals surface area contributed by atoms with Crippen LogP contribution in [0.25, 0.3) is 0 Å². The summed E-state index contributed by atoms with van der Waals surface area (Å²) in [6.07, 6.45) is 0.635. The van der Waals surface area contributed by atoms with Crippen LogP contribution >= 0.6 is 0 Å². The van der Waals surface area contributed by atoms with Crippen LogP contribution in [-0.4, -0.2) is 33.2 Å². The molecule has 134 valence electrons. The summed E-state index contributed by atoms with van der Waals surface area (Å²) in [6, 6.07) is 9.67. The summed E-state index contributed by atoms with van der Waals surface area (Å²) < 4.78 is 37.1. The molecule has 8 heteroatoms. The summed E-state index contributed by atoms with van der Waals surface area (Å²) in [7, 11) is -2.37. The Hall–Kier alpha value is -2.74. The van der Waals surface area contributed by atoms with Gasteiger partial charge in [0.15, 0.2) is 0 Å². The van der Waals surface area contributed by atoms with E-state index in [0.29, 0.717) is 12.2 Å². The minimum atomic E-state index is -3.85. The predicted octanol–water partition coefficient (Wildman–Crippen LogP) is 2.77. The van der Waals surface area contributed by atoms with E-state index in [4.69, 9.17) is 9.47 Å². The maximum atomic E-state index is 12.4. The van der Waals surface area contributed by atoms with Crippen LogP contribution in [0.3, 0.4) is 0 Å². The summed E-state index contributed by atoms with van der Waals surface area (Å²) in [5, 5.41) is 9.79. The highest BCUT2D eigenvalue weighted by Crippen LogP contribution is 2.25. The van der Waals surface area contributed by atoms with Crippen molar-refractivity contribution >= 4 is 21.7 Å². The highest BCUT2D eigenvalue weighted by molar-refractivity contribution is 7.92. The topological polar surface area (TPSA) is 102 Å². The highest BCUT2D eigenvalue weighted by atomic mass is 32.2. The number of rotatable bonds is 7. The number of sulfonamides is 1. The first-order valence-electron chi connectivity index (χ1n) is 7.54. The third-order valence-electron chi connectivity index (χ3n) is 3.28. The molecule has 0 bridgehead atoms. The number of hydrogen-bond donors (Lipinski definition) is 2. The van der Waals surface area contributed by atoms with Crippen molar-refractivity contribution in [2.24, 2.45) is 0 Å². The number of aromatic hydroxyl groups is 1. The average Bonchev–Trinajstić information content (AvgIpc) is 2.61. The number of esters is 1. The van der Waals surface area contributed by atoms with E-state index in [2.05, 4.69) is 4.72 Å². The first-order valence-corrected chi connectivity index (χ1v) is 9.02. The molecule has 25 heavy (non-hydrogen) atoms. The number of nitrogens with one attached hydrogen (secondary N) is 1. The zero-order chi connectivity index (χ0) is 18.4. The molecule has 0 saturated carbocycles. The standard InChI is InChI=1S/C17H19NO6S/c1-3-10-24-17(20)15-11-12(4-9-16(15)19)18-25(21,22)14-7-5-13(23-2)6-8-14/h4-9,11,18-19H,3,10H2,1-2H3. The van der Waals surface area contributed by atoms with Crippen LogP contribution in [0.5, 0.6) is 11.5 Å². The van der Waals surface area contributed by atoms with Gasteiger partial charge in [0.2, 0.25) is 0 Å². The van der Waals surface area contributed by atoms with Crippen LogP contribution in [0.15, 0.2) is 47.4 Å². The molecule has 2 rings (SSSR count). The largest absolute Gasteiger partial charge is 0.507 e. The normalized spacial score (nSPS) is 11.0. The smallest absolute Gasteiger partial charge is 0.341 e. The van der Waals surface area contributed by atoms with Crippen LogP contribution in [0.4, 0.5) is 5.69 Å². The van der Waals surface area contributed by atoms with E-state index in [-0.39, 0.29) is 28.5 Å². The molecule has 2 aromatic rings. The van der Waals surface area contributed by atoms with Gasteiger partial charge in [-0.2, -0.15) is 0 Å². The molecule has 0 fully saturated rings. The van der Waals surface area contributed by atoms with Crippen molar-refractivity contribution < 1.29 is 27.8 Å². The Morgan fingerprint density at radius 3 is 2.44 bits per heavy atom. The van der Waals surface area contributed by atoms with E-state index in [0.717, 1.165) is 0 Å². The van der Waals surface area contributed by atoms with E-state index in [1.807, 2.05) is 6.92 Å². The summed E-state index contributed by atoms with van der Waals surface area (Å²) in [5.74, 6) is -0.470. The fourth-order valence-electron chi connectivity index (χ4n) is 2.00. The van der Waals surface area contributed by atoms with Gasteiger partial charge >= 0.3 is 5.97 Å². The number of methoxy groups -OCH3 is 1. The van der Waals surface area contributed by atoms with Gasteiger partial charge in [0, 0.05) is 5.69 Å². The second kappa shape index (κ2) is 7.89.